The van der Waals surface area contributed by atoms with Crippen molar-refractivity contribution >= 4 is 0 Å². The van der Waals surface area contributed by atoms with E-state index in [1.165, 1.54) is 38.5 Å². The summed E-state index contributed by atoms with van der Waals surface area (Å²) in [6.07, 6.45) is 8.48. The monoisotopic (exact) mass is 211 g/mol. The molecule has 0 radical (unpaired) electrons. The third-order valence-electron chi connectivity index (χ3n) is 3.94. The van der Waals surface area contributed by atoms with Crippen LogP contribution in [0.5, 0.6) is 0 Å². The highest BCUT2D eigenvalue weighted by Gasteiger charge is 2.27. The first-order chi connectivity index (χ1) is 7.36. The van der Waals surface area contributed by atoms with Crippen molar-refractivity contribution in [2.24, 2.45) is 11.8 Å². The Morgan fingerprint density at radius 3 is 2.60 bits per heavy atom. The molecule has 2 heteroatoms. The molecule has 2 fully saturated rings. The summed E-state index contributed by atoms with van der Waals surface area (Å²) in [5, 5.41) is 3.54. The minimum absolute atomic E-state index is 0.709. The van der Waals surface area contributed by atoms with Gasteiger partial charge in [-0.1, -0.05) is 19.3 Å². The number of hydrogen-bond donors (Lipinski definition) is 1. The van der Waals surface area contributed by atoms with Crippen LogP contribution >= 0.6 is 0 Å². The molecule has 2 aliphatic rings. The molecule has 88 valence electrons. The van der Waals surface area contributed by atoms with E-state index in [4.69, 9.17) is 4.74 Å². The van der Waals surface area contributed by atoms with Gasteiger partial charge < -0.3 is 10.1 Å². The second kappa shape index (κ2) is 5.86. The highest BCUT2D eigenvalue weighted by Crippen LogP contribution is 2.32. The molecule has 2 saturated carbocycles. The van der Waals surface area contributed by atoms with Crippen LogP contribution < -0.4 is 5.32 Å². The van der Waals surface area contributed by atoms with Crippen molar-refractivity contribution in [3.05, 3.63) is 0 Å². The van der Waals surface area contributed by atoms with Crippen LogP contribution in [0.25, 0.3) is 0 Å². The SMILES string of the molecule is CC(NCCOCCC1CCC1)C1CC1. The van der Waals surface area contributed by atoms with Crippen LogP contribution in [0.4, 0.5) is 0 Å². The third-order valence-corrected chi connectivity index (χ3v) is 3.94. The molecule has 2 aliphatic carbocycles. The lowest BCUT2D eigenvalue weighted by molar-refractivity contribution is 0.106. The fourth-order valence-electron chi connectivity index (χ4n) is 2.26. The summed E-state index contributed by atoms with van der Waals surface area (Å²) < 4.78 is 5.63. The van der Waals surface area contributed by atoms with Crippen molar-refractivity contribution in [2.75, 3.05) is 19.8 Å². The third kappa shape index (κ3) is 4.12. The Bertz CT molecular complexity index is 175. The van der Waals surface area contributed by atoms with Gasteiger partial charge in [-0.15, -0.1) is 0 Å². The van der Waals surface area contributed by atoms with Crippen LogP contribution in [0.2, 0.25) is 0 Å². The zero-order valence-corrected chi connectivity index (χ0v) is 10.0. The Kier molecular flexibility index (Phi) is 4.45. The molecule has 1 unspecified atom stereocenters. The largest absolute Gasteiger partial charge is 0.380 e. The fourth-order valence-corrected chi connectivity index (χ4v) is 2.26. The van der Waals surface area contributed by atoms with Crippen molar-refractivity contribution < 1.29 is 4.74 Å². The molecular formula is C13H25NO. The first-order valence-corrected chi connectivity index (χ1v) is 6.67. The van der Waals surface area contributed by atoms with Gasteiger partial charge in [-0.3, -0.25) is 0 Å². The van der Waals surface area contributed by atoms with Gasteiger partial charge in [-0.05, 0) is 38.0 Å². The van der Waals surface area contributed by atoms with Crippen molar-refractivity contribution in [3.63, 3.8) is 0 Å². The van der Waals surface area contributed by atoms with Gasteiger partial charge in [0.15, 0.2) is 0 Å². The Morgan fingerprint density at radius 2 is 2.00 bits per heavy atom. The van der Waals surface area contributed by atoms with E-state index in [9.17, 15) is 0 Å². The van der Waals surface area contributed by atoms with Crippen molar-refractivity contribution in [3.8, 4) is 0 Å². The number of ether oxygens (including phenoxy) is 1. The molecule has 1 atom stereocenters. The molecule has 2 rings (SSSR count). The van der Waals surface area contributed by atoms with Crippen LogP contribution in [0.15, 0.2) is 0 Å². The highest BCUT2D eigenvalue weighted by atomic mass is 16.5. The van der Waals surface area contributed by atoms with Gasteiger partial charge in [0.05, 0.1) is 6.61 Å². The minimum Gasteiger partial charge on any atom is -0.380 e. The second-order valence-corrected chi connectivity index (χ2v) is 5.28. The van der Waals surface area contributed by atoms with Crippen LogP contribution in [0.1, 0.15) is 45.4 Å². The standard InChI is InChI=1S/C13H25NO/c1-11(13-5-6-13)14-8-10-15-9-7-12-3-2-4-12/h11-14H,2-10H2,1H3. The summed E-state index contributed by atoms with van der Waals surface area (Å²) in [5.74, 6) is 1.95. The van der Waals surface area contributed by atoms with Crippen LogP contribution in [-0.2, 0) is 4.74 Å². The molecule has 2 nitrogen and oxygen atoms in total. The van der Waals surface area contributed by atoms with E-state index >= 15 is 0 Å². The summed E-state index contributed by atoms with van der Waals surface area (Å²) in [7, 11) is 0. The quantitative estimate of drug-likeness (QED) is 0.623. The maximum Gasteiger partial charge on any atom is 0.0591 e. The lowest BCUT2D eigenvalue weighted by atomic mass is 9.83. The zero-order chi connectivity index (χ0) is 10.5. The van der Waals surface area contributed by atoms with E-state index in [1.54, 1.807) is 0 Å². The summed E-state index contributed by atoms with van der Waals surface area (Å²) in [4.78, 5) is 0. The molecule has 0 heterocycles. The Morgan fingerprint density at radius 1 is 1.20 bits per heavy atom. The molecule has 0 aromatic carbocycles. The molecule has 0 spiro atoms. The van der Waals surface area contributed by atoms with Crippen LogP contribution in [0.3, 0.4) is 0 Å². The Labute approximate surface area is 93.8 Å². The number of hydrogen-bond acceptors (Lipinski definition) is 2. The topological polar surface area (TPSA) is 21.3 Å². The van der Waals surface area contributed by atoms with Crippen molar-refractivity contribution in [1.29, 1.82) is 0 Å². The van der Waals surface area contributed by atoms with E-state index in [0.717, 1.165) is 31.6 Å². The first-order valence-electron chi connectivity index (χ1n) is 6.67. The predicted molar refractivity (Wildman–Crippen MR) is 63.0 cm³/mol. The van der Waals surface area contributed by atoms with Gasteiger partial charge >= 0.3 is 0 Å². The number of rotatable bonds is 8. The van der Waals surface area contributed by atoms with Crippen LogP contribution in [0, 0.1) is 11.8 Å². The lowest BCUT2D eigenvalue weighted by Crippen LogP contribution is -2.31. The summed E-state index contributed by atoms with van der Waals surface area (Å²) in [5.41, 5.74) is 0. The van der Waals surface area contributed by atoms with Gasteiger partial charge in [-0.2, -0.15) is 0 Å². The zero-order valence-electron chi connectivity index (χ0n) is 10.0. The van der Waals surface area contributed by atoms with E-state index < -0.39 is 0 Å². The van der Waals surface area contributed by atoms with Gasteiger partial charge in [-0.25, -0.2) is 0 Å². The lowest BCUT2D eigenvalue weighted by Gasteiger charge is -2.24. The van der Waals surface area contributed by atoms with E-state index in [0.29, 0.717) is 6.04 Å². The molecule has 0 aromatic heterocycles. The van der Waals surface area contributed by atoms with E-state index in [2.05, 4.69) is 12.2 Å². The van der Waals surface area contributed by atoms with Gasteiger partial charge in [0, 0.05) is 19.2 Å². The molecule has 1 N–H and O–H groups in total. The molecule has 0 amide bonds. The Hall–Kier alpha value is -0.0800. The highest BCUT2D eigenvalue weighted by molar-refractivity contribution is 4.82. The Balaban J connectivity index is 1.35. The second-order valence-electron chi connectivity index (χ2n) is 5.28. The minimum atomic E-state index is 0.709. The first kappa shape index (κ1) is 11.4. The fraction of sp³-hybridized carbons (Fsp3) is 1.00. The van der Waals surface area contributed by atoms with Gasteiger partial charge in [0.2, 0.25) is 0 Å². The van der Waals surface area contributed by atoms with Crippen molar-refractivity contribution in [1.82, 2.24) is 5.32 Å². The molecule has 0 bridgehead atoms. The summed E-state index contributed by atoms with van der Waals surface area (Å²) in [6.45, 7) is 5.20. The normalized spacial score (nSPS) is 23.8. The predicted octanol–water partition coefficient (Wildman–Crippen LogP) is 2.58. The molecule has 0 aromatic rings. The summed E-state index contributed by atoms with van der Waals surface area (Å²) >= 11 is 0. The average molecular weight is 211 g/mol. The average Bonchev–Trinajstić information content (AvgIpc) is 2.96. The maximum absolute atomic E-state index is 5.63. The van der Waals surface area contributed by atoms with Crippen molar-refractivity contribution in [2.45, 2.75) is 51.5 Å². The molecule has 0 aliphatic heterocycles. The van der Waals surface area contributed by atoms with Gasteiger partial charge in [0.25, 0.3) is 0 Å². The number of nitrogens with one attached hydrogen (secondary N) is 1. The van der Waals surface area contributed by atoms with Crippen LogP contribution in [-0.4, -0.2) is 25.8 Å². The molecule has 0 saturated heterocycles. The smallest absolute Gasteiger partial charge is 0.0591 e. The van der Waals surface area contributed by atoms with E-state index in [1.807, 2.05) is 0 Å². The maximum atomic E-state index is 5.63. The summed E-state index contributed by atoms with van der Waals surface area (Å²) in [6, 6.07) is 0.709. The molecule has 15 heavy (non-hydrogen) atoms. The van der Waals surface area contributed by atoms with Gasteiger partial charge in [0.1, 0.15) is 0 Å². The molecular weight excluding hydrogens is 186 g/mol. The van der Waals surface area contributed by atoms with E-state index in [-0.39, 0.29) is 0 Å².